The van der Waals surface area contributed by atoms with Crippen molar-refractivity contribution in [3.05, 3.63) is 34.9 Å². The Morgan fingerprint density at radius 3 is 2.50 bits per heavy atom. The highest BCUT2D eigenvalue weighted by molar-refractivity contribution is 5.52. The van der Waals surface area contributed by atoms with E-state index in [9.17, 15) is 9.59 Å². The number of hydrogen-bond donors (Lipinski definition) is 0. The van der Waals surface area contributed by atoms with Crippen molar-refractivity contribution in [2.45, 2.75) is 32.4 Å². The maximum atomic E-state index is 10.9. The summed E-state index contributed by atoms with van der Waals surface area (Å²) in [5.74, 6) is 0.656. The van der Waals surface area contributed by atoms with Crippen LogP contribution in [0.2, 0.25) is 0 Å². The van der Waals surface area contributed by atoms with Crippen molar-refractivity contribution in [2.24, 2.45) is 5.92 Å². The largest absolute Gasteiger partial charge is 0.345 e. The Morgan fingerprint density at radius 2 is 1.80 bits per heavy atom. The molecular formula is C16H20N2O2. The third-order valence-corrected chi connectivity index (χ3v) is 4.56. The summed E-state index contributed by atoms with van der Waals surface area (Å²) in [4.78, 5) is 25.4. The summed E-state index contributed by atoms with van der Waals surface area (Å²) in [5, 5.41) is 0. The second-order valence-corrected chi connectivity index (χ2v) is 5.85. The number of benzene rings is 1. The first-order chi connectivity index (χ1) is 9.80. The van der Waals surface area contributed by atoms with Crippen LogP contribution in [0.3, 0.4) is 0 Å². The van der Waals surface area contributed by atoms with Gasteiger partial charge in [0, 0.05) is 26.2 Å². The first kappa shape index (κ1) is 13.2. The van der Waals surface area contributed by atoms with Gasteiger partial charge in [-0.25, -0.2) is 0 Å². The van der Waals surface area contributed by atoms with Crippen molar-refractivity contribution < 1.29 is 9.59 Å². The fourth-order valence-corrected chi connectivity index (χ4v) is 3.36. The molecule has 3 rings (SSSR count). The molecule has 2 heterocycles. The van der Waals surface area contributed by atoms with Gasteiger partial charge in [-0.05, 0) is 41.9 Å². The van der Waals surface area contributed by atoms with E-state index in [0.717, 1.165) is 58.3 Å². The lowest BCUT2D eigenvalue weighted by atomic mass is 9.88. The highest BCUT2D eigenvalue weighted by Gasteiger charge is 2.23. The van der Waals surface area contributed by atoms with Crippen LogP contribution in [0.4, 0.5) is 0 Å². The van der Waals surface area contributed by atoms with Crippen LogP contribution in [-0.2, 0) is 29.1 Å². The van der Waals surface area contributed by atoms with Gasteiger partial charge in [-0.1, -0.05) is 18.2 Å². The SMILES string of the molecule is O=CN1CCC(Cc2cccc3c2CN(C=O)C3)CC1. The van der Waals surface area contributed by atoms with Crippen LogP contribution >= 0.6 is 0 Å². The van der Waals surface area contributed by atoms with Gasteiger partial charge in [-0.15, -0.1) is 0 Å². The number of fused-ring (bicyclic) bond motifs is 1. The second kappa shape index (κ2) is 5.65. The summed E-state index contributed by atoms with van der Waals surface area (Å²) in [6.45, 7) is 3.26. The molecule has 0 atom stereocenters. The Kier molecular flexibility index (Phi) is 3.72. The van der Waals surface area contributed by atoms with Crippen LogP contribution in [-0.4, -0.2) is 35.7 Å². The lowest BCUT2D eigenvalue weighted by Crippen LogP contribution is -2.33. The van der Waals surface area contributed by atoms with Crippen LogP contribution in [0.15, 0.2) is 18.2 Å². The minimum absolute atomic E-state index is 0.656. The van der Waals surface area contributed by atoms with Gasteiger partial charge in [0.1, 0.15) is 0 Å². The van der Waals surface area contributed by atoms with E-state index < -0.39 is 0 Å². The summed E-state index contributed by atoms with van der Waals surface area (Å²) >= 11 is 0. The molecular weight excluding hydrogens is 252 g/mol. The van der Waals surface area contributed by atoms with Crippen molar-refractivity contribution in [1.82, 2.24) is 9.80 Å². The van der Waals surface area contributed by atoms with Crippen molar-refractivity contribution in [1.29, 1.82) is 0 Å². The third kappa shape index (κ3) is 2.55. The van der Waals surface area contributed by atoms with E-state index in [0.29, 0.717) is 5.92 Å². The normalized spacial score (nSPS) is 19.0. The molecule has 20 heavy (non-hydrogen) atoms. The Bertz CT molecular complexity index is 507. The first-order valence-corrected chi connectivity index (χ1v) is 7.28. The van der Waals surface area contributed by atoms with Crippen LogP contribution in [0.25, 0.3) is 0 Å². The second-order valence-electron chi connectivity index (χ2n) is 5.85. The Hall–Kier alpha value is -1.84. The topological polar surface area (TPSA) is 40.6 Å². The van der Waals surface area contributed by atoms with Crippen molar-refractivity contribution in [3.8, 4) is 0 Å². The molecule has 1 saturated heterocycles. The predicted octanol–water partition coefficient (Wildman–Crippen LogP) is 1.57. The van der Waals surface area contributed by atoms with Crippen LogP contribution < -0.4 is 0 Å². The maximum Gasteiger partial charge on any atom is 0.210 e. The molecule has 0 radical (unpaired) electrons. The molecule has 0 aliphatic carbocycles. The van der Waals surface area contributed by atoms with E-state index in [1.165, 1.54) is 16.7 Å². The van der Waals surface area contributed by atoms with Gasteiger partial charge in [0.2, 0.25) is 12.8 Å². The predicted molar refractivity (Wildman–Crippen MR) is 75.8 cm³/mol. The van der Waals surface area contributed by atoms with Gasteiger partial charge >= 0.3 is 0 Å². The molecule has 0 aromatic heterocycles. The van der Waals surface area contributed by atoms with E-state index in [4.69, 9.17) is 0 Å². The fourth-order valence-electron chi connectivity index (χ4n) is 3.36. The van der Waals surface area contributed by atoms with Crippen molar-refractivity contribution >= 4 is 12.8 Å². The molecule has 0 N–H and O–H groups in total. The summed E-state index contributed by atoms with van der Waals surface area (Å²) in [7, 11) is 0. The molecule has 106 valence electrons. The number of hydrogen-bond acceptors (Lipinski definition) is 2. The van der Waals surface area contributed by atoms with Crippen LogP contribution in [0, 0.1) is 5.92 Å². The molecule has 2 amide bonds. The van der Waals surface area contributed by atoms with Crippen LogP contribution in [0.5, 0.6) is 0 Å². The maximum absolute atomic E-state index is 10.9. The van der Waals surface area contributed by atoms with E-state index in [1.54, 1.807) is 0 Å². The third-order valence-electron chi connectivity index (χ3n) is 4.56. The zero-order chi connectivity index (χ0) is 13.9. The monoisotopic (exact) mass is 272 g/mol. The smallest absolute Gasteiger partial charge is 0.210 e. The van der Waals surface area contributed by atoms with Gasteiger partial charge in [0.05, 0.1) is 0 Å². The van der Waals surface area contributed by atoms with E-state index >= 15 is 0 Å². The number of piperidine rings is 1. The zero-order valence-electron chi connectivity index (χ0n) is 11.6. The van der Waals surface area contributed by atoms with Crippen molar-refractivity contribution in [2.75, 3.05) is 13.1 Å². The zero-order valence-corrected chi connectivity index (χ0v) is 11.6. The summed E-state index contributed by atoms with van der Waals surface area (Å²) in [6, 6.07) is 6.42. The number of nitrogens with zero attached hydrogens (tertiary/aromatic N) is 2. The molecule has 1 aromatic carbocycles. The number of amides is 2. The average Bonchev–Trinajstić information content (AvgIpc) is 2.92. The Balaban J connectivity index is 1.69. The van der Waals surface area contributed by atoms with Crippen molar-refractivity contribution in [3.63, 3.8) is 0 Å². The number of carbonyl (C=O) groups excluding carboxylic acids is 2. The molecule has 0 unspecified atom stereocenters. The van der Waals surface area contributed by atoms with Gasteiger partial charge in [-0.2, -0.15) is 0 Å². The van der Waals surface area contributed by atoms with E-state index in [2.05, 4.69) is 18.2 Å². The Labute approximate surface area is 119 Å². The molecule has 1 aromatic rings. The molecule has 2 aliphatic heterocycles. The Morgan fingerprint density at radius 1 is 1.05 bits per heavy atom. The molecule has 4 heteroatoms. The standard InChI is InChI=1S/C16H20N2O2/c19-11-17-6-4-13(5-7-17)8-14-2-1-3-15-9-18(12-20)10-16(14)15/h1-3,11-13H,4-10H2. The van der Waals surface area contributed by atoms with Gasteiger partial charge < -0.3 is 9.80 Å². The molecule has 4 nitrogen and oxygen atoms in total. The molecule has 2 aliphatic rings. The number of carbonyl (C=O) groups is 2. The molecule has 1 fully saturated rings. The highest BCUT2D eigenvalue weighted by Crippen LogP contribution is 2.29. The summed E-state index contributed by atoms with van der Waals surface area (Å²) < 4.78 is 0. The molecule has 0 bridgehead atoms. The highest BCUT2D eigenvalue weighted by atomic mass is 16.1. The summed E-state index contributed by atoms with van der Waals surface area (Å²) in [5.41, 5.74) is 4.02. The van der Waals surface area contributed by atoms with E-state index in [-0.39, 0.29) is 0 Å². The van der Waals surface area contributed by atoms with E-state index in [1.807, 2.05) is 9.80 Å². The average molecular weight is 272 g/mol. The van der Waals surface area contributed by atoms with Gasteiger partial charge in [0.25, 0.3) is 0 Å². The first-order valence-electron chi connectivity index (χ1n) is 7.28. The number of rotatable bonds is 4. The number of likely N-dealkylation sites (tertiary alicyclic amines) is 1. The lowest BCUT2D eigenvalue weighted by molar-refractivity contribution is -0.119. The molecule has 0 spiro atoms. The minimum Gasteiger partial charge on any atom is -0.345 e. The summed E-state index contributed by atoms with van der Waals surface area (Å²) in [6.07, 6.45) is 5.13. The molecule has 0 saturated carbocycles. The quantitative estimate of drug-likeness (QED) is 0.781. The fraction of sp³-hybridized carbons (Fsp3) is 0.500. The van der Waals surface area contributed by atoms with Crippen LogP contribution in [0.1, 0.15) is 29.5 Å². The minimum atomic E-state index is 0.656. The van der Waals surface area contributed by atoms with Gasteiger partial charge in [-0.3, -0.25) is 9.59 Å². The van der Waals surface area contributed by atoms with Gasteiger partial charge in [0.15, 0.2) is 0 Å². The lowest BCUT2D eigenvalue weighted by Gasteiger charge is -2.29.